The normalized spacial score (nSPS) is 12.0. The van der Waals surface area contributed by atoms with Gasteiger partial charge in [0.15, 0.2) is 0 Å². The first-order chi connectivity index (χ1) is 16.1. The molecule has 3 aromatic carbocycles. The van der Waals surface area contributed by atoms with Crippen LogP contribution in [-0.2, 0) is 14.8 Å². The predicted molar refractivity (Wildman–Crippen MR) is 136 cm³/mol. The molecule has 0 spiro atoms. The Balaban J connectivity index is 1.90. The average Bonchev–Trinajstić information content (AvgIpc) is 2.83. The number of nitrogens with zero attached hydrogens (tertiary/aromatic N) is 1. The molecule has 1 unspecified atom stereocenters. The van der Waals surface area contributed by atoms with Crippen LogP contribution in [0.1, 0.15) is 24.1 Å². The maximum atomic E-state index is 13.5. The molecular formula is C25H27BrN2O5S. The van der Waals surface area contributed by atoms with Gasteiger partial charge < -0.3 is 14.8 Å². The van der Waals surface area contributed by atoms with Crippen molar-refractivity contribution in [2.45, 2.75) is 24.8 Å². The van der Waals surface area contributed by atoms with Crippen LogP contribution >= 0.6 is 15.9 Å². The molecule has 34 heavy (non-hydrogen) atoms. The van der Waals surface area contributed by atoms with E-state index in [-0.39, 0.29) is 4.90 Å². The number of aryl methyl sites for hydroxylation is 1. The molecule has 3 aromatic rings. The minimum absolute atomic E-state index is 0.108. The second kappa shape index (κ2) is 10.9. The van der Waals surface area contributed by atoms with Crippen LogP contribution in [0.15, 0.2) is 76.1 Å². The van der Waals surface area contributed by atoms with E-state index in [2.05, 4.69) is 21.2 Å². The lowest BCUT2D eigenvalue weighted by Gasteiger charge is -2.25. The van der Waals surface area contributed by atoms with Crippen molar-refractivity contribution in [1.82, 2.24) is 5.32 Å². The van der Waals surface area contributed by atoms with Crippen LogP contribution in [0.4, 0.5) is 5.69 Å². The summed E-state index contributed by atoms with van der Waals surface area (Å²) < 4.78 is 39.6. The molecule has 0 heterocycles. The van der Waals surface area contributed by atoms with Crippen LogP contribution in [0.2, 0.25) is 0 Å². The van der Waals surface area contributed by atoms with Gasteiger partial charge in [-0.3, -0.25) is 9.10 Å². The van der Waals surface area contributed by atoms with Crippen LogP contribution in [0.3, 0.4) is 0 Å². The molecule has 3 rings (SSSR count). The van der Waals surface area contributed by atoms with E-state index in [0.29, 0.717) is 22.7 Å². The number of hydrogen-bond donors (Lipinski definition) is 1. The first-order valence-corrected chi connectivity index (χ1v) is 12.7. The zero-order chi connectivity index (χ0) is 24.9. The highest BCUT2D eigenvalue weighted by Crippen LogP contribution is 2.30. The molecule has 0 aliphatic carbocycles. The molecule has 0 saturated heterocycles. The molecule has 1 atom stereocenters. The van der Waals surface area contributed by atoms with Crippen molar-refractivity contribution in [2.24, 2.45) is 0 Å². The highest BCUT2D eigenvalue weighted by molar-refractivity contribution is 9.10. The van der Waals surface area contributed by atoms with Crippen LogP contribution < -0.4 is 19.1 Å². The van der Waals surface area contributed by atoms with E-state index in [0.717, 1.165) is 14.3 Å². The molecule has 7 nitrogen and oxygen atoms in total. The Kier molecular flexibility index (Phi) is 8.22. The number of amides is 1. The number of benzene rings is 3. The largest absolute Gasteiger partial charge is 0.497 e. The Labute approximate surface area is 208 Å². The second-order valence-corrected chi connectivity index (χ2v) is 10.5. The zero-order valence-corrected chi connectivity index (χ0v) is 21.8. The van der Waals surface area contributed by atoms with Gasteiger partial charge in [-0.25, -0.2) is 8.42 Å². The molecular weight excluding hydrogens is 520 g/mol. The smallest absolute Gasteiger partial charge is 0.264 e. The molecule has 1 amide bonds. The van der Waals surface area contributed by atoms with E-state index >= 15 is 0 Å². The number of anilines is 1. The van der Waals surface area contributed by atoms with Gasteiger partial charge >= 0.3 is 0 Å². The van der Waals surface area contributed by atoms with E-state index in [4.69, 9.17) is 9.47 Å². The molecule has 0 aromatic heterocycles. The van der Waals surface area contributed by atoms with Crippen LogP contribution in [0.25, 0.3) is 0 Å². The number of rotatable bonds is 9. The van der Waals surface area contributed by atoms with E-state index in [1.807, 2.05) is 6.92 Å². The van der Waals surface area contributed by atoms with Gasteiger partial charge in [0.2, 0.25) is 5.91 Å². The van der Waals surface area contributed by atoms with Crippen LogP contribution in [0.5, 0.6) is 11.5 Å². The molecule has 0 fully saturated rings. The van der Waals surface area contributed by atoms with Crippen LogP contribution in [0, 0.1) is 6.92 Å². The Bertz CT molecular complexity index is 1250. The molecule has 9 heteroatoms. The fourth-order valence-electron chi connectivity index (χ4n) is 3.43. The summed E-state index contributed by atoms with van der Waals surface area (Å²) in [6.07, 6.45) is 0. The third kappa shape index (κ3) is 5.90. The number of carbonyl (C=O) groups is 1. The van der Waals surface area contributed by atoms with Crippen molar-refractivity contribution < 1.29 is 22.7 Å². The Morgan fingerprint density at radius 1 is 1.00 bits per heavy atom. The third-order valence-corrected chi connectivity index (χ3v) is 7.61. The highest BCUT2D eigenvalue weighted by Gasteiger charge is 2.28. The summed E-state index contributed by atoms with van der Waals surface area (Å²) in [5.74, 6) is 0.747. The summed E-state index contributed by atoms with van der Waals surface area (Å²) in [5.41, 5.74) is 2.03. The van der Waals surface area contributed by atoms with E-state index in [9.17, 15) is 13.2 Å². The summed E-state index contributed by atoms with van der Waals surface area (Å²) in [7, 11) is -0.889. The van der Waals surface area contributed by atoms with Gasteiger partial charge in [0, 0.05) is 10.0 Å². The third-order valence-electron chi connectivity index (χ3n) is 5.29. The van der Waals surface area contributed by atoms with Crippen molar-refractivity contribution in [3.8, 4) is 11.5 Å². The molecule has 180 valence electrons. The Morgan fingerprint density at radius 3 is 2.24 bits per heavy atom. The van der Waals surface area contributed by atoms with E-state index in [1.54, 1.807) is 75.7 Å². The van der Waals surface area contributed by atoms with Crippen molar-refractivity contribution >= 4 is 37.5 Å². The fourth-order valence-corrected chi connectivity index (χ4v) is 5.12. The number of carbonyl (C=O) groups excluding carboxylic acids is 1. The van der Waals surface area contributed by atoms with Gasteiger partial charge in [-0.1, -0.05) is 33.6 Å². The molecule has 0 aliphatic heterocycles. The minimum atomic E-state index is -3.99. The molecule has 0 bridgehead atoms. The second-order valence-electron chi connectivity index (χ2n) is 7.70. The quantitative estimate of drug-likeness (QED) is 0.414. The highest BCUT2D eigenvalue weighted by atomic mass is 79.9. The summed E-state index contributed by atoms with van der Waals surface area (Å²) in [6, 6.07) is 18.1. The summed E-state index contributed by atoms with van der Waals surface area (Å²) >= 11 is 3.36. The van der Waals surface area contributed by atoms with Gasteiger partial charge in [-0.15, -0.1) is 0 Å². The standard InChI is InChI=1S/C25H27BrN2O5S/c1-17-5-12-22(13-6-17)34(30,31)28(20-9-7-19(26)8-10-20)16-25(29)27-18(2)23-15-21(32-3)11-14-24(23)33-4/h5-15,18H,16H2,1-4H3,(H,27,29). The maximum absolute atomic E-state index is 13.5. The van der Waals surface area contributed by atoms with Gasteiger partial charge in [0.05, 0.1) is 30.8 Å². The van der Waals surface area contributed by atoms with Crippen molar-refractivity contribution in [3.05, 3.63) is 82.3 Å². The average molecular weight is 547 g/mol. The first-order valence-electron chi connectivity index (χ1n) is 10.5. The Morgan fingerprint density at radius 2 is 1.65 bits per heavy atom. The topological polar surface area (TPSA) is 84.9 Å². The fraction of sp³-hybridized carbons (Fsp3) is 0.240. The minimum Gasteiger partial charge on any atom is -0.497 e. The van der Waals surface area contributed by atoms with Gasteiger partial charge in [0.1, 0.15) is 18.0 Å². The summed E-state index contributed by atoms with van der Waals surface area (Å²) in [6.45, 7) is 3.28. The lowest BCUT2D eigenvalue weighted by Crippen LogP contribution is -2.41. The SMILES string of the molecule is COc1ccc(OC)c(C(C)NC(=O)CN(c2ccc(Br)cc2)S(=O)(=O)c2ccc(C)cc2)c1. The number of halogens is 1. The number of methoxy groups -OCH3 is 2. The predicted octanol–water partition coefficient (Wildman–Crippen LogP) is 4.85. The van der Waals surface area contributed by atoms with E-state index < -0.39 is 28.5 Å². The monoisotopic (exact) mass is 546 g/mol. The number of nitrogens with one attached hydrogen (secondary N) is 1. The summed E-state index contributed by atoms with van der Waals surface area (Å²) in [5, 5.41) is 2.88. The summed E-state index contributed by atoms with van der Waals surface area (Å²) in [4.78, 5) is 13.2. The van der Waals surface area contributed by atoms with Crippen molar-refractivity contribution in [3.63, 3.8) is 0 Å². The Hall–Kier alpha value is -3.04. The van der Waals surface area contributed by atoms with Gasteiger partial charge in [-0.05, 0) is 68.4 Å². The molecule has 0 aliphatic rings. The molecule has 0 saturated carbocycles. The van der Waals surface area contributed by atoms with Gasteiger partial charge in [0.25, 0.3) is 10.0 Å². The van der Waals surface area contributed by atoms with E-state index in [1.165, 1.54) is 12.1 Å². The molecule has 0 radical (unpaired) electrons. The van der Waals surface area contributed by atoms with Crippen molar-refractivity contribution in [1.29, 1.82) is 0 Å². The molecule has 1 N–H and O–H groups in total. The van der Waals surface area contributed by atoms with Gasteiger partial charge in [-0.2, -0.15) is 0 Å². The first kappa shape index (κ1) is 25.6. The number of ether oxygens (including phenoxy) is 2. The number of hydrogen-bond acceptors (Lipinski definition) is 5. The number of sulfonamides is 1. The van der Waals surface area contributed by atoms with Crippen molar-refractivity contribution in [2.75, 3.05) is 25.1 Å². The lowest BCUT2D eigenvalue weighted by atomic mass is 10.1. The zero-order valence-electron chi connectivity index (χ0n) is 19.4. The van der Waals surface area contributed by atoms with Crippen LogP contribution in [-0.4, -0.2) is 35.1 Å². The maximum Gasteiger partial charge on any atom is 0.264 e. The lowest BCUT2D eigenvalue weighted by molar-refractivity contribution is -0.120.